The average Bonchev–Trinajstić information content (AvgIpc) is 2.92. The quantitative estimate of drug-likeness (QED) is 0.583. The van der Waals surface area contributed by atoms with Crippen molar-refractivity contribution in [2.75, 3.05) is 42.6 Å². The van der Waals surface area contributed by atoms with Crippen molar-refractivity contribution >= 4 is 27.0 Å². The van der Waals surface area contributed by atoms with Gasteiger partial charge in [0.05, 0.1) is 18.0 Å². The molecule has 0 aromatic heterocycles. The lowest BCUT2D eigenvalue weighted by Gasteiger charge is -2.35. The highest BCUT2D eigenvalue weighted by Gasteiger charge is 2.39. The fourth-order valence-electron chi connectivity index (χ4n) is 3.98. The van der Waals surface area contributed by atoms with Crippen LogP contribution in [0.3, 0.4) is 0 Å². The summed E-state index contributed by atoms with van der Waals surface area (Å²) >= 11 is 0. The summed E-state index contributed by atoms with van der Waals surface area (Å²) in [5, 5.41) is 1.99. The van der Waals surface area contributed by atoms with Gasteiger partial charge in [0.15, 0.2) is 15.6 Å². The van der Waals surface area contributed by atoms with Gasteiger partial charge in [0, 0.05) is 43.1 Å². The summed E-state index contributed by atoms with van der Waals surface area (Å²) in [6.07, 6.45) is 2.38. The number of hydrogen-bond acceptors (Lipinski definition) is 7. The maximum absolute atomic E-state index is 13.1. The Morgan fingerprint density at radius 2 is 1.96 bits per heavy atom. The molecule has 0 aliphatic carbocycles. The number of Topliss-reactive ketones (excluding diaryl/α,β-unsaturated/α-hetero) is 1. The van der Waals surface area contributed by atoms with Crippen LogP contribution in [-0.4, -0.2) is 63.6 Å². The molecule has 136 valence electrons. The van der Waals surface area contributed by atoms with Crippen molar-refractivity contribution in [2.24, 2.45) is 0 Å². The molecule has 3 fully saturated rings. The molecule has 3 unspecified atom stereocenters. The van der Waals surface area contributed by atoms with Crippen molar-refractivity contribution in [3.05, 3.63) is 23.8 Å². The van der Waals surface area contributed by atoms with E-state index in [-0.39, 0.29) is 30.3 Å². The fourth-order valence-corrected chi connectivity index (χ4v) is 5.51. The standard InChI is InChI=1S/C17H23N3O4S/c18-11-1-4-14(17(21)16-8-19-5-6-25(16,22)23)15(7-11)20-9-12-2-3-13(10-20)24-12/h1,4,7,12-13,16,19H,2-3,5-6,8-10,18H2. The molecule has 2 bridgehead atoms. The van der Waals surface area contributed by atoms with E-state index < -0.39 is 15.1 Å². The molecule has 4 rings (SSSR count). The van der Waals surface area contributed by atoms with Gasteiger partial charge < -0.3 is 20.7 Å². The predicted octanol–water partition coefficient (Wildman–Crippen LogP) is 0.206. The molecule has 3 aliphatic rings. The number of ketones is 1. The minimum atomic E-state index is -3.42. The van der Waals surface area contributed by atoms with E-state index in [2.05, 4.69) is 10.2 Å². The van der Waals surface area contributed by atoms with Gasteiger partial charge in [-0.1, -0.05) is 0 Å². The van der Waals surface area contributed by atoms with Gasteiger partial charge in [0.1, 0.15) is 5.25 Å². The van der Waals surface area contributed by atoms with E-state index in [9.17, 15) is 13.2 Å². The topological polar surface area (TPSA) is 102 Å². The first-order chi connectivity index (χ1) is 11.9. The predicted molar refractivity (Wildman–Crippen MR) is 95.7 cm³/mol. The number of morpholine rings is 1. The van der Waals surface area contributed by atoms with Crippen molar-refractivity contribution < 1.29 is 17.9 Å². The highest BCUT2D eigenvalue weighted by atomic mass is 32.2. The lowest BCUT2D eigenvalue weighted by molar-refractivity contribution is 0.0304. The zero-order valence-corrected chi connectivity index (χ0v) is 14.8. The summed E-state index contributed by atoms with van der Waals surface area (Å²) in [4.78, 5) is 15.2. The third-order valence-corrected chi connectivity index (χ3v) is 7.31. The average molecular weight is 365 g/mol. The smallest absolute Gasteiger partial charge is 0.184 e. The second-order valence-corrected chi connectivity index (χ2v) is 9.37. The van der Waals surface area contributed by atoms with Gasteiger partial charge in [0.25, 0.3) is 0 Å². The van der Waals surface area contributed by atoms with Gasteiger partial charge in [0.2, 0.25) is 0 Å². The van der Waals surface area contributed by atoms with Gasteiger partial charge >= 0.3 is 0 Å². The number of benzene rings is 1. The van der Waals surface area contributed by atoms with E-state index in [4.69, 9.17) is 10.5 Å². The van der Waals surface area contributed by atoms with Crippen molar-refractivity contribution in [3.63, 3.8) is 0 Å². The summed E-state index contributed by atoms with van der Waals surface area (Å²) in [5.41, 5.74) is 7.68. The number of nitrogens with zero attached hydrogens (tertiary/aromatic N) is 1. The molecule has 3 atom stereocenters. The van der Waals surface area contributed by atoms with E-state index >= 15 is 0 Å². The number of nitrogens with one attached hydrogen (secondary N) is 1. The highest BCUT2D eigenvalue weighted by molar-refractivity contribution is 7.92. The van der Waals surface area contributed by atoms with Crippen LogP contribution in [-0.2, 0) is 14.6 Å². The number of nitrogen functional groups attached to an aromatic ring is 1. The number of carbonyl (C=O) groups is 1. The molecule has 8 heteroatoms. The molecule has 25 heavy (non-hydrogen) atoms. The first-order valence-electron chi connectivity index (χ1n) is 8.70. The van der Waals surface area contributed by atoms with Gasteiger partial charge in [-0.25, -0.2) is 8.42 Å². The molecule has 0 radical (unpaired) electrons. The molecule has 0 spiro atoms. The highest BCUT2D eigenvalue weighted by Crippen LogP contribution is 2.33. The van der Waals surface area contributed by atoms with Crippen LogP contribution in [0.4, 0.5) is 11.4 Å². The molecule has 3 saturated heterocycles. The molecule has 3 heterocycles. The number of hydrogen-bond donors (Lipinski definition) is 2. The summed E-state index contributed by atoms with van der Waals surface area (Å²) in [5.74, 6) is -0.351. The Labute approximate surface area is 147 Å². The van der Waals surface area contributed by atoms with Crippen molar-refractivity contribution in [2.45, 2.75) is 30.3 Å². The molecular weight excluding hydrogens is 342 g/mol. The largest absolute Gasteiger partial charge is 0.399 e. The van der Waals surface area contributed by atoms with Gasteiger partial charge in [-0.05, 0) is 31.0 Å². The molecular formula is C17H23N3O4S. The van der Waals surface area contributed by atoms with Crippen LogP contribution >= 0.6 is 0 Å². The Bertz CT molecular complexity index is 783. The molecule has 1 aromatic carbocycles. The first kappa shape index (κ1) is 16.8. The number of sulfone groups is 1. The molecule has 0 amide bonds. The van der Waals surface area contributed by atoms with E-state index in [0.29, 0.717) is 30.9 Å². The zero-order chi connectivity index (χ0) is 17.6. The van der Waals surface area contributed by atoms with E-state index in [1.54, 1.807) is 18.2 Å². The van der Waals surface area contributed by atoms with Gasteiger partial charge in [-0.2, -0.15) is 0 Å². The molecule has 3 aliphatic heterocycles. The van der Waals surface area contributed by atoms with Crippen LogP contribution in [0.25, 0.3) is 0 Å². The maximum Gasteiger partial charge on any atom is 0.184 e. The lowest BCUT2D eigenvalue weighted by Crippen LogP contribution is -2.49. The van der Waals surface area contributed by atoms with E-state index in [1.165, 1.54) is 0 Å². The third-order valence-electron chi connectivity index (χ3n) is 5.29. The van der Waals surface area contributed by atoms with Gasteiger partial charge in [-0.3, -0.25) is 4.79 Å². The number of rotatable bonds is 3. The zero-order valence-electron chi connectivity index (χ0n) is 14.0. The number of nitrogens with two attached hydrogens (primary N) is 1. The number of anilines is 2. The third kappa shape index (κ3) is 3.14. The fraction of sp³-hybridized carbons (Fsp3) is 0.588. The Morgan fingerprint density at radius 3 is 2.64 bits per heavy atom. The molecule has 3 N–H and O–H groups in total. The number of fused-ring (bicyclic) bond motifs is 2. The molecule has 7 nitrogen and oxygen atoms in total. The van der Waals surface area contributed by atoms with Gasteiger partial charge in [-0.15, -0.1) is 0 Å². The van der Waals surface area contributed by atoms with Crippen molar-refractivity contribution in [1.82, 2.24) is 5.32 Å². The second kappa shape index (κ2) is 6.26. The van der Waals surface area contributed by atoms with Crippen LogP contribution in [0.15, 0.2) is 18.2 Å². The van der Waals surface area contributed by atoms with Crippen molar-refractivity contribution in [1.29, 1.82) is 0 Å². The summed E-state index contributed by atoms with van der Waals surface area (Å²) in [7, 11) is -3.42. The lowest BCUT2D eigenvalue weighted by atomic mass is 10.0. The molecule has 1 aromatic rings. The van der Waals surface area contributed by atoms with Crippen LogP contribution in [0.1, 0.15) is 23.2 Å². The van der Waals surface area contributed by atoms with Crippen LogP contribution in [0.5, 0.6) is 0 Å². The normalized spacial score (nSPS) is 31.0. The summed E-state index contributed by atoms with van der Waals surface area (Å²) in [6.45, 7) is 1.97. The Kier molecular flexibility index (Phi) is 4.21. The Balaban J connectivity index is 1.69. The SMILES string of the molecule is Nc1ccc(C(=O)C2CNCCS2(=O)=O)c(N2CC3CCC(C2)O3)c1. The summed E-state index contributed by atoms with van der Waals surface area (Å²) < 4.78 is 30.6. The second-order valence-electron chi connectivity index (χ2n) is 7.06. The van der Waals surface area contributed by atoms with Crippen LogP contribution < -0.4 is 16.0 Å². The van der Waals surface area contributed by atoms with Crippen LogP contribution in [0, 0.1) is 0 Å². The number of carbonyl (C=O) groups excluding carboxylic acids is 1. The minimum absolute atomic E-state index is 0.00455. The molecule has 0 saturated carbocycles. The van der Waals surface area contributed by atoms with Crippen molar-refractivity contribution in [3.8, 4) is 0 Å². The van der Waals surface area contributed by atoms with Crippen LogP contribution in [0.2, 0.25) is 0 Å². The maximum atomic E-state index is 13.1. The Hall–Kier alpha value is -1.64. The van der Waals surface area contributed by atoms with E-state index in [0.717, 1.165) is 18.5 Å². The summed E-state index contributed by atoms with van der Waals surface area (Å²) in [6, 6.07) is 5.10. The number of ether oxygens (including phenoxy) is 1. The monoisotopic (exact) mass is 365 g/mol. The Morgan fingerprint density at radius 1 is 1.24 bits per heavy atom. The first-order valence-corrected chi connectivity index (χ1v) is 10.4. The van der Waals surface area contributed by atoms with E-state index in [1.807, 2.05) is 0 Å². The minimum Gasteiger partial charge on any atom is -0.399 e.